The van der Waals surface area contributed by atoms with E-state index in [2.05, 4.69) is 18.8 Å². The van der Waals surface area contributed by atoms with Crippen molar-refractivity contribution in [2.24, 2.45) is 5.73 Å². The maximum Gasteiger partial charge on any atom is 0.124 e. The number of hydrogen-bond acceptors (Lipinski definition) is 3. The van der Waals surface area contributed by atoms with E-state index in [1.807, 2.05) is 0 Å². The summed E-state index contributed by atoms with van der Waals surface area (Å²) < 4.78 is 14.0. The average molecular weight is 252 g/mol. The Labute approximate surface area is 105 Å². The summed E-state index contributed by atoms with van der Waals surface area (Å²) in [6.07, 6.45) is 1.92. The predicted octanol–water partition coefficient (Wildman–Crippen LogP) is 3.45. The van der Waals surface area contributed by atoms with Crippen LogP contribution in [-0.2, 0) is 5.41 Å². The minimum Gasteiger partial charge on any atom is -0.329 e. The molecule has 2 N–H and O–H groups in total. The Morgan fingerprint density at radius 3 is 2.65 bits per heavy atom. The Kier molecular flexibility index (Phi) is 3.45. The SMILES string of the molecule is CCC(CC)(CN)c1nc2ccc(F)cc2s1. The van der Waals surface area contributed by atoms with Gasteiger partial charge in [0.2, 0.25) is 0 Å². The van der Waals surface area contributed by atoms with Gasteiger partial charge in [-0.3, -0.25) is 0 Å². The molecule has 0 saturated carbocycles. The molecule has 92 valence electrons. The maximum absolute atomic E-state index is 13.1. The molecule has 2 nitrogen and oxygen atoms in total. The zero-order chi connectivity index (χ0) is 12.5. The fraction of sp³-hybridized carbons (Fsp3) is 0.462. The molecule has 0 saturated heterocycles. The van der Waals surface area contributed by atoms with Gasteiger partial charge in [0.25, 0.3) is 0 Å². The second-order valence-corrected chi connectivity index (χ2v) is 5.35. The zero-order valence-corrected chi connectivity index (χ0v) is 11.0. The van der Waals surface area contributed by atoms with Gasteiger partial charge in [-0.15, -0.1) is 11.3 Å². The van der Waals surface area contributed by atoms with E-state index < -0.39 is 0 Å². The number of nitrogens with zero attached hydrogens (tertiary/aromatic N) is 1. The molecule has 0 atom stereocenters. The fourth-order valence-electron chi connectivity index (χ4n) is 2.05. The molecule has 0 fully saturated rings. The first-order chi connectivity index (χ1) is 8.15. The molecule has 0 bridgehead atoms. The summed E-state index contributed by atoms with van der Waals surface area (Å²) in [5.74, 6) is -0.209. The second-order valence-electron chi connectivity index (χ2n) is 4.32. The molecule has 17 heavy (non-hydrogen) atoms. The number of hydrogen-bond donors (Lipinski definition) is 1. The molecule has 2 aromatic rings. The van der Waals surface area contributed by atoms with Gasteiger partial charge in [0.05, 0.1) is 10.2 Å². The topological polar surface area (TPSA) is 38.9 Å². The zero-order valence-electron chi connectivity index (χ0n) is 10.2. The molecule has 0 aliphatic rings. The molecule has 4 heteroatoms. The first-order valence-electron chi connectivity index (χ1n) is 5.92. The van der Waals surface area contributed by atoms with Gasteiger partial charge in [-0.2, -0.15) is 0 Å². The van der Waals surface area contributed by atoms with Crippen molar-refractivity contribution in [1.82, 2.24) is 4.98 Å². The van der Waals surface area contributed by atoms with Crippen LogP contribution in [0.15, 0.2) is 18.2 Å². The number of thiazole rings is 1. The highest BCUT2D eigenvalue weighted by atomic mass is 32.1. The molecule has 0 unspecified atom stereocenters. The van der Waals surface area contributed by atoms with E-state index >= 15 is 0 Å². The van der Waals surface area contributed by atoms with Gasteiger partial charge in [0, 0.05) is 12.0 Å². The molecule has 2 rings (SSSR count). The molecule has 0 radical (unpaired) electrons. The van der Waals surface area contributed by atoms with Crippen LogP contribution in [0.5, 0.6) is 0 Å². The highest BCUT2D eigenvalue weighted by molar-refractivity contribution is 7.18. The van der Waals surface area contributed by atoms with Gasteiger partial charge in [0.1, 0.15) is 10.8 Å². The molecule has 0 aliphatic heterocycles. The van der Waals surface area contributed by atoms with Crippen LogP contribution in [-0.4, -0.2) is 11.5 Å². The third-order valence-corrected chi connectivity index (χ3v) is 4.81. The molecule has 1 aromatic heterocycles. The van der Waals surface area contributed by atoms with Crippen molar-refractivity contribution in [1.29, 1.82) is 0 Å². The van der Waals surface area contributed by atoms with Crippen LogP contribution in [0, 0.1) is 5.82 Å². The standard InChI is InChI=1S/C13H17FN2S/c1-3-13(4-2,8-15)12-16-10-6-5-9(14)7-11(10)17-12/h5-7H,3-4,8,15H2,1-2H3. The average Bonchev–Trinajstić information content (AvgIpc) is 2.75. The van der Waals surface area contributed by atoms with Gasteiger partial charge in [-0.05, 0) is 31.0 Å². The predicted molar refractivity (Wildman–Crippen MR) is 70.9 cm³/mol. The van der Waals surface area contributed by atoms with E-state index in [1.165, 1.54) is 6.07 Å². The lowest BCUT2D eigenvalue weighted by molar-refractivity contribution is 0.405. The Morgan fingerprint density at radius 2 is 2.06 bits per heavy atom. The van der Waals surface area contributed by atoms with E-state index in [0.29, 0.717) is 6.54 Å². The van der Waals surface area contributed by atoms with Crippen LogP contribution in [0.25, 0.3) is 10.2 Å². The molecule has 0 aliphatic carbocycles. The summed E-state index contributed by atoms with van der Waals surface area (Å²) in [6, 6.07) is 4.73. The number of aromatic nitrogens is 1. The molecular formula is C13H17FN2S. The number of rotatable bonds is 4. The highest BCUT2D eigenvalue weighted by Gasteiger charge is 2.30. The van der Waals surface area contributed by atoms with Crippen molar-refractivity contribution in [3.8, 4) is 0 Å². The van der Waals surface area contributed by atoms with Crippen molar-refractivity contribution in [3.05, 3.63) is 29.0 Å². The first-order valence-corrected chi connectivity index (χ1v) is 6.73. The van der Waals surface area contributed by atoms with Gasteiger partial charge >= 0.3 is 0 Å². The summed E-state index contributed by atoms with van der Waals surface area (Å²) in [6.45, 7) is 4.84. The lowest BCUT2D eigenvalue weighted by Gasteiger charge is -2.27. The third-order valence-electron chi connectivity index (χ3n) is 3.55. The third kappa shape index (κ3) is 2.07. The Balaban J connectivity index is 2.55. The van der Waals surface area contributed by atoms with E-state index in [0.717, 1.165) is 28.1 Å². The maximum atomic E-state index is 13.1. The second kappa shape index (κ2) is 4.70. The number of fused-ring (bicyclic) bond motifs is 1. The summed E-state index contributed by atoms with van der Waals surface area (Å²) >= 11 is 1.56. The van der Waals surface area contributed by atoms with Crippen molar-refractivity contribution in [2.75, 3.05) is 6.54 Å². The van der Waals surface area contributed by atoms with E-state index in [9.17, 15) is 4.39 Å². The minimum atomic E-state index is -0.209. The summed E-state index contributed by atoms with van der Waals surface area (Å²) in [4.78, 5) is 4.61. The normalized spacial score (nSPS) is 12.2. The van der Waals surface area contributed by atoms with Crippen molar-refractivity contribution in [2.45, 2.75) is 32.1 Å². The van der Waals surface area contributed by atoms with Crippen molar-refractivity contribution < 1.29 is 4.39 Å². The summed E-state index contributed by atoms with van der Waals surface area (Å²) in [5.41, 5.74) is 6.72. The quantitative estimate of drug-likeness (QED) is 0.905. The largest absolute Gasteiger partial charge is 0.329 e. The number of halogens is 1. The first kappa shape index (κ1) is 12.5. The summed E-state index contributed by atoms with van der Waals surface area (Å²) in [5, 5.41) is 1.03. The van der Waals surface area contributed by atoms with Gasteiger partial charge in [-0.25, -0.2) is 9.37 Å². The van der Waals surface area contributed by atoms with E-state index in [1.54, 1.807) is 23.5 Å². The molecular weight excluding hydrogens is 235 g/mol. The molecule has 1 aromatic carbocycles. The van der Waals surface area contributed by atoms with Crippen molar-refractivity contribution >= 4 is 21.6 Å². The number of benzene rings is 1. The van der Waals surface area contributed by atoms with Crippen LogP contribution < -0.4 is 5.73 Å². The number of nitrogens with two attached hydrogens (primary N) is 1. The lowest BCUT2D eigenvalue weighted by atomic mass is 9.83. The molecule has 0 amide bonds. The van der Waals surface area contributed by atoms with Gasteiger partial charge in [-0.1, -0.05) is 13.8 Å². The van der Waals surface area contributed by atoms with Gasteiger partial charge in [0.15, 0.2) is 0 Å². The Bertz CT molecular complexity index is 509. The van der Waals surface area contributed by atoms with Crippen molar-refractivity contribution in [3.63, 3.8) is 0 Å². The Hall–Kier alpha value is -1.000. The van der Waals surface area contributed by atoms with E-state index in [-0.39, 0.29) is 11.2 Å². The molecule has 1 heterocycles. The summed E-state index contributed by atoms with van der Waals surface area (Å²) in [7, 11) is 0. The monoisotopic (exact) mass is 252 g/mol. The lowest BCUT2D eigenvalue weighted by Crippen LogP contribution is -2.33. The van der Waals surface area contributed by atoms with E-state index in [4.69, 9.17) is 5.73 Å². The van der Waals surface area contributed by atoms with Crippen LogP contribution in [0.3, 0.4) is 0 Å². The smallest absolute Gasteiger partial charge is 0.124 e. The minimum absolute atomic E-state index is 0.0554. The van der Waals surface area contributed by atoms with Gasteiger partial charge < -0.3 is 5.73 Å². The Morgan fingerprint density at radius 1 is 1.35 bits per heavy atom. The van der Waals surface area contributed by atoms with Crippen LogP contribution in [0.4, 0.5) is 4.39 Å². The fourth-order valence-corrected chi connectivity index (χ4v) is 3.38. The van der Waals surface area contributed by atoms with Crippen LogP contribution in [0.1, 0.15) is 31.7 Å². The molecule has 0 spiro atoms. The van der Waals surface area contributed by atoms with Crippen LogP contribution in [0.2, 0.25) is 0 Å². The highest BCUT2D eigenvalue weighted by Crippen LogP contribution is 2.36. The van der Waals surface area contributed by atoms with Crippen LogP contribution >= 0.6 is 11.3 Å².